The second kappa shape index (κ2) is 5.34. The van der Waals surface area contributed by atoms with Crippen molar-refractivity contribution in [2.45, 2.75) is 6.04 Å². The van der Waals surface area contributed by atoms with E-state index >= 15 is 0 Å². The molecule has 0 saturated heterocycles. The maximum atomic E-state index is 10.5. The minimum absolute atomic E-state index is 0.162. The summed E-state index contributed by atoms with van der Waals surface area (Å²) in [7, 11) is 0. The summed E-state index contributed by atoms with van der Waals surface area (Å²) >= 11 is 9.05. The highest BCUT2D eigenvalue weighted by molar-refractivity contribution is 9.10. The van der Waals surface area contributed by atoms with Gasteiger partial charge < -0.3 is 16.2 Å². The first-order valence-electron chi connectivity index (χ1n) is 4.18. The topological polar surface area (TPSA) is 75.3 Å². The molecular formula is C9H10BrClN2O2. The van der Waals surface area contributed by atoms with E-state index in [1.807, 2.05) is 0 Å². The Morgan fingerprint density at radius 2 is 2.33 bits per heavy atom. The average molecular weight is 294 g/mol. The van der Waals surface area contributed by atoms with E-state index in [2.05, 4.69) is 21.2 Å². The van der Waals surface area contributed by atoms with Crippen LogP contribution in [0, 0.1) is 0 Å². The molecule has 1 aromatic carbocycles. The van der Waals surface area contributed by atoms with Crippen LogP contribution in [0.15, 0.2) is 22.7 Å². The molecular weight excluding hydrogens is 283 g/mol. The van der Waals surface area contributed by atoms with E-state index in [0.717, 1.165) is 10.2 Å². The molecule has 0 aliphatic carbocycles. The lowest BCUT2D eigenvalue weighted by atomic mass is 10.3. The second-order valence-electron chi connectivity index (χ2n) is 2.95. The fourth-order valence-electron chi connectivity index (χ4n) is 0.940. The van der Waals surface area contributed by atoms with Crippen molar-refractivity contribution in [2.24, 2.45) is 5.73 Å². The van der Waals surface area contributed by atoms with Gasteiger partial charge in [-0.2, -0.15) is 0 Å². The van der Waals surface area contributed by atoms with Crippen molar-refractivity contribution < 1.29 is 9.90 Å². The summed E-state index contributed by atoms with van der Waals surface area (Å²) in [5.74, 6) is -1.03. The van der Waals surface area contributed by atoms with Gasteiger partial charge in [0, 0.05) is 21.7 Å². The van der Waals surface area contributed by atoms with Crippen LogP contribution in [-0.2, 0) is 4.79 Å². The van der Waals surface area contributed by atoms with Crippen LogP contribution in [0.3, 0.4) is 0 Å². The quantitative estimate of drug-likeness (QED) is 0.793. The standard InChI is InChI=1S/C9H10BrClN2O2/c10-6-3-5(11)1-2-8(6)13-4-7(12)9(14)15/h1-3,7,13H,4,12H2,(H,14,15). The van der Waals surface area contributed by atoms with Crippen molar-refractivity contribution in [3.8, 4) is 0 Å². The third kappa shape index (κ3) is 3.70. The molecule has 0 spiro atoms. The number of carbonyl (C=O) groups is 1. The Kier molecular flexibility index (Phi) is 4.38. The van der Waals surface area contributed by atoms with Gasteiger partial charge in [0.05, 0.1) is 0 Å². The number of hydrogen-bond acceptors (Lipinski definition) is 3. The number of benzene rings is 1. The van der Waals surface area contributed by atoms with Crippen molar-refractivity contribution >= 4 is 39.2 Å². The number of carboxylic acids is 1. The van der Waals surface area contributed by atoms with Gasteiger partial charge in [0.15, 0.2) is 0 Å². The molecule has 4 nitrogen and oxygen atoms in total. The van der Waals surface area contributed by atoms with Crippen molar-refractivity contribution in [3.63, 3.8) is 0 Å². The van der Waals surface area contributed by atoms with Crippen LogP contribution in [0.2, 0.25) is 5.02 Å². The minimum Gasteiger partial charge on any atom is -0.480 e. The molecule has 0 aliphatic heterocycles. The zero-order chi connectivity index (χ0) is 11.4. The van der Waals surface area contributed by atoms with Crippen LogP contribution in [-0.4, -0.2) is 23.7 Å². The van der Waals surface area contributed by atoms with Gasteiger partial charge in [-0.25, -0.2) is 0 Å². The number of rotatable bonds is 4. The predicted octanol–water partition coefficient (Wildman–Crippen LogP) is 1.93. The van der Waals surface area contributed by atoms with Gasteiger partial charge in [-0.15, -0.1) is 0 Å². The van der Waals surface area contributed by atoms with E-state index in [9.17, 15) is 4.79 Å². The van der Waals surface area contributed by atoms with Gasteiger partial charge in [-0.05, 0) is 34.1 Å². The molecule has 0 radical (unpaired) electrons. The highest BCUT2D eigenvalue weighted by atomic mass is 79.9. The van der Waals surface area contributed by atoms with Crippen LogP contribution in [0.4, 0.5) is 5.69 Å². The van der Waals surface area contributed by atoms with E-state index < -0.39 is 12.0 Å². The van der Waals surface area contributed by atoms with Crippen LogP contribution >= 0.6 is 27.5 Å². The van der Waals surface area contributed by atoms with Crippen LogP contribution in [0.5, 0.6) is 0 Å². The first-order chi connectivity index (χ1) is 7.00. The number of halogens is 2. The van der Waals surface area contributed by atoms with Gasteiger partial charge in [0.25, 0.3) is 0 Å². The predicted molar refractivity (Wildman–Crippen MR) is 63.3 cm³/mol. The molecule has 0 aliphatic rings. The van der Waals surface area contributed by atoms with Crippen LogP contribution in [0.1, 0.15) is 0 Å². The average Bonchev–Trinajstić information content (AvgIpc) is 2.15. The number of nitrogens with one attached hydrogen (secondary N) is 1. The SMILES string of the molecule is NC(CNc1ccc(Cl)cc1Br)C(=O)O. The Morgan fingerprint density at radius 1 is 1.67 bits per heavy atom. The third-order valence-electron chi connectivity index (χ3n) is 1.76. The molecule has 0 heterocycles. The van der Waals surface area contributed by atoms with E-state index in [-0.39, 0.29) is 6.54 Å². The lowest BCUT2D eigenvalue weighted by Gasteiger charge is -2.11. The molecule has 0 bridgehead atoms. The normalized spacial score (nSPS) is 12.2. The third-order valence-corrected chi connectivity index (χ3v) is 2.65. The van der Waals surface area contributed by atoms with Gasteiger partial charge in [-0.1, -0.05) is 11.6 Å². The van der Waals surface area contributed by atoms with E-state index in [4.69, 9.17) is 22.4 Å². The van der Waals surface area contributed by atoms with Crippen molar-refractivity contribution in [1.82, 2.24) is 0 Å². The van der Waals surface area contributed by atoms with E-state index in [1.54, 1.807) is 18.2 Å². The van der Waals surface area contributed by atoms with Gasteiger partial charge in [0.1, 0.15) is 6.04 Å². The van der Waals surface area contributed by atoms with Crippen molar-refractivity contribution in [2.75, 3.05) is 11.9 Å². The Morgan fingerprint density at radius 3 is 2.87 bits per heavy atom. The summed E-state index contributed by atoms with van der Waals surface area (Å²) in [6, 6.07) is 4.26. The van der Waals surface area contributed by atoms with E-state index in [0.29, 0.717) is 5.02 Å². The molecule has 6 heteroatoms. The summed E-state index contributed by atoms with van der Waals surface area (Å²) < 4.78 is 0.771. The number of anilines is 1. The second-order valence-corrected chi connectivity index (χ2v) is 4.24. The van der Waals surface area contributed by atoms with E-state index in [1.165, 1.54) is 0 Å². The fourth-order valence-corrected chi connectivity index (χ4v) is 1.76. The van der Waals surface area contributed by atoms with Crippen LogP contribution in [0.25, 0.3) is 0 Å². The number of carboxylic acid groups (broad SMARTS) is 1. The minimum atomic E-state index is -1.03. The van der Waals surface area contributed by atoms with Crippen molar-refractivity contribution in [3.05, 3.63) is 27.7 Å². The molecule has 0 aromatic heterocycles. The lowest BCUT2D eigenvalue weighted by molar-refractivity contribution is -0.138. The molecule has 82 valence electrons. The Labute approximate surface area is 101 Å². The van der Waals surface area contributed by atoms with Gasteiger partial charge in [-0.3, -0.25) is 4.79 Å². The maximum Gasteiger partial charge on any atom is 0.322 e. The Bertz CT molecular complexity index is 373. The van der Waals surface area contributed by atoms with Gasteiger partial charge >= 0.3 is 5.97 Å². The molecule has 1 atom stereocenters. The summed E-state index contributed by atoms with van der Waals surface area (Å²) in [5.41, 5.74) is 6.10. The highest BCUT2D eigenvalue weighted by Gasteiger charge is 2.11. The molecule has 4 N–H and O–H groups in total. The summed E-state index contributed by atoms with van der Waals surface area (Å²) in [5, 5.41) is 12.1. The Hall–Kier alpha value is -0.780. The summed E-state index contributed by atoms with van der Waals surface area (Å²) in [6.45, 7) is 0.162. The fraction of sp³-hybridized carbons (Fsp3) is 0.222. The van der Waals surface area contributed by atoms with Crippen molar-refractivity contribution in [1.29, 1.82) is 0 Å². The first-order valence-corrected chi connectivity index (χ1v) is 5.35. The Balaban J connectivity index is 2.62. The zero-order valence-electron chi connectivity index (χ0n) is 7.71. The molecule has 0 saturated carbocycles. The number of nitrogens with two attached hydrogens (primary N) is 1. The molecule has 0 fully saturated rings. The number of hydrogen-bond donors (Lipinski definition) is 3. The molecule has 1 aromatic rings. The lowest BCUT2D eigenvalue weighted by Crippen LogP contribution is -2.36. The highest BCUT2D eigenvalue weighted by Crippen LogP contribution is 2.25. The first kappa shape index (κ1) is 12.3. The van der Waals surface area contributed by atoms with Crippen LogP contribution < -0.4 is 11.1 Å². The molecule has 1 rings (SSSR count). The maximum absolute atomic E-state index is 10.5. The van der Waals surface area contributed by atoms with Gasteiger partial charge in [0.2, 0.25) is 0 Å². The monoisotopic (exact) mass is 292 g/mol. The smallest absolute Gasteiger partial charge is 0.322 e. The molecule has 0 amide bonds. The summed E-state index contributed by atoms with van der Waals surface area (Å²) in [4.78, 5) is 10.5. The molecule has 1 unspecified atom stereocenters. The summed E-state index contributed by atoms with van der Waals surface area (Å²) in [6.07, 6.45) is 0. The zero-order valence-corrected chi connectivity index (χ0v) is 10.0. The number of aliphatic carboxylic acids is 1. The largest absolute Gasteiger partial charge is 0.480 e. The molecule has 15 heavy (non-hydrogen) atoms.